The van der Waals surface area contributed by atoms with E-state index in [2.05, 4.69) is 26.5 Å². The molecule has 0 radical (unpaired) electrons. The Morgan fingerprint density at radius 3 is 2.75 bits per heavy atom. The summed E-state index contributed by atoms with van der Waals surface area (Å²) in [6.45, 7) is -0.121. The predicted molar refractivity (Wildman–Crippen MR) is 109 cm³/mol. The third-order valence-electron chi connectivity index (χ3n) is 3.55. The van der Waals surface area contributed by atoms with Crippen LogP contribution < -0.4 is 14.9 Å². The van der Waals surface area contributed by atoms with E-state index in [0.717, 1.165) is 0 Å². The third-order valence-corrected chi connectivity index (χ3v) is 4.14. The number of carbonyl (C=O) groups excluding carboxylic acids is 1. The monoisotopic (exact) mass is 450 g/mol. The van der Waals surface area contributed by atoms with Gasteiger partial charge in [0.05, 0.1) is 28.4 Å². The molecule has 1 N–H and O–H groups in total. The molecule has 0 spiro atoms. The maximum Gasteiger partial charge on any atom is 0.271 e. The number of carbonyl (C=O) groups is 1. The fraction of sp³-hybridized carbons (Fsp3) is 0.222. The van der Waals surface area contributed by atoms with Crippen molar-refractivity contribution >= 4 is 39.4 Å². The molecule has 2 rings (SSSR count). The molecule has 0 aliphatic rings. The van der Waals surface area contributed by atoms with Crippen molar-refractivity contribution in [2.75, 3.05) is 33.2 Å². The number of hydrogen-bond acceptors (Lipinski definition) is 7. The van der Waals surface area contributed by atoms with Gasteiger partial charge in [-0.15, -0.1) is 0 Å². The lowest BCUT2D eigenvalue weighted by Gasteiger charge is -2.15. The summed E-state index contributed by atoms with van der Waals surface area (Å²) in [7, 11) is 4.78. The first-order valence-electron chi connectivity index (χ1n) is 8.06. The smallest absolute Gasteiger partial charge is 0.271 e. The second-order valence-electron chi connectivity index (χ2n) is 5.79. The van der Waals surface area contributed by atoms with Gasteiger partial charge in [0.1, 0.15) is 0 Å². The highest BCUT2D eigenvalue weighted by molar-refractivity contribution is 9.10. The molecule has 0 saturated heterocycles. The minimum Gasteiger partial charge on any atom is -0.493 e. The van der Waals surface area contributed by atoms with Crippen LogP contribution in [0.5, 0.6) is 11.5 Å². The van der Waals surface area contributed by atoms with E-state index in [9.17, 15) is 14.9 Å². The van der Waals surface area contributed by atoms with Gasteiger partial charge in [-0.05, 0) is 39.7 Å². The quantitative estimate of drug-likeness (QED) is 0.375. The second-order valence-corrected chi connectivity index (χ2v) is 6.64. The highest BCUT2D eigenvalue weighted by Gasteiger charge is 2.14. The molecule has 0 bridgehead atoms. The van der Waals surface area contributed by atoms with Crippen molar-refractivity contribution in [3.05, 3.63) is 56.5 Å². The number of halogens is 1. The minimum absolute atomic E-state index is 0.0293. The number of nitrogens with one attached hydrogen (secondary N) is 1. The molecule has 2 aromatic carbocycles. The molecule has 28 heavy (non-hydrogen) atoms. The Hall–Kier alpha value is -3.14. The van der Waals surface area contributed by atoms with E-state index in [0.29, 0.717) is 27.2 Å². The van der Waals surface area contributed by atoms with Crippen LogP contribution in [0.25, 0.3) is 0 Å². The average Bonchev–Trinajstić information content (AvgIpc) is 2.66. The van der Waals surface area contributed by atoms with Gasteiger partial charge in [-0.25, -0.2) is 0 Å². The fourth-order valence-electron chi connectivity index (χ4n) is 2.09. The Balaban J connectivity index is 2.13. The Labute approximate surface area is 170 Å². The summed E-state index contributed by atoms with van der Waals surface area (Å²) in [6, 6.07) is 9.45. The van der Waals surface area contributed by atoms with Crippen LogP contribution in [0.3, 0.4) is 0 Å². The molecule has 0 atom stereocenters. The van der Waals surface area contributed by atoms with E-state index in [1.54, 1.807) is 38.4 Å². The lowest BCUT2D eigenvalue weighted by atomic mass is 10.2. The SMILES string of the molecule is COc1cc(/C=N/Nc2cccc([N+](=O)[O-])c2)cc(Br)c1OCC(=O)N(C)C. The number of hydrazone groups is 1. The molecule has 0 aromatic heterocycles. The van der Waals surface area contributed by atoms with Gasteiger partial charge in [0.25, 0.3) is 11.6 Å². The maximum absolute atomic E-state index is 11.7. The van der Waals surface area contributed by atoms with Crippen LogP contribution in [-0.2, 0) is 4.79 Å². The molecule has 148 valence electrons. The Bertz CT molecular complexity index is 902. The summed E-state index contributed by atoms with van der Waals surface area (Å²) in [4.78, 5) is 23.5. The van der Waals surface area contributed by atoms with Gasteiger partial charge in [0, 0.05) is 26.2 Å². The number of ether oxygens (including phenoxy) is 2. The number of nitro groups is 1. The summed E-state index contributed by atoms with van der Waals surface area (Å²) >= 11 is 3.40. The first kappa shape index (κ1) is 21.2. The summed E-state index contributed by atoms with van der Waals surface area (Å²) in [5.41, 5.74) is 3.88. The first-order valence-corrected chi connectivity index (χ1v) is 8.85. The number of hydrogen-bond donors (Lipinski definition) is 1. The first-order chi connectivity index (χ1) is 13.3. The van der Waals surface area contributed by atoms with Gasteiger partial charge < -0.3 is 14.4 Å². The zero-order valence-electron chi connectivity index (χ0n) is 15.5. The lowest BCUT2D eigenvalue weighted by molar-refractivity contribution is -0.384. The Morgan fingerprint density at radius 1 is 1.36 bits per heavy atom. The van der Waals surface area contributed by atoms with Crippen molar-refractivity contribution in [1.82, 2.24) is 4.90 Å². The molecule has 10 heteroatoms. The van der Waals surface area contributed by atoms with Gasteiger partial charge >= 0.3 is 0 Å². The van der Waals surface area contributed by atoms with E-state index in [1.165, 1.54) is 30.4 Å². The molecule has 0 fully saturated rings. The third kappa shape index (κ3) is 5.68. The number of amides is 1. The van der Waals surface area contributed by atoms with Crippen molar-refractivity contribution in [2.24, 2.45) is 5.10 Å². The van der Waals surface area contributed by atoms with Gasteiger partial charge in [0.2, 0.25) is 0 Å². The van der Waals surface area contributed by atoms with Crippen LogP contribution in [-0.4, -0.2) is 49.8 Å². The molecule has 2 aromatic rings. The normalized spacial score (nSPS) is 10.6. The van der Waals surface area contributed by atoms with E-state index >= 15 is 0 Å². The van der Waals surface area contributed by atoms with Crippen molar-refractivity contribution in [2.45, 2.75) is 0 Å². The van der Waals surface area contributed by atoms with Crippen LogP contribution in [0.2, 0.25) is 0 Å². The molecular weight excluding hydrogens is 432 g/mol. The maximum atomic E-state index is 11.7. The van der Waals surface area contributed by atoms with Crippen LogP contribution in [0.1, 0.15) is 5.56 Å². The van der Waals surface area contributed by atoms with Crippen molar-refractivity contribution < 1.29 is 19.2 Å². The van der Waals surface area contributed by atoms with Gasteiger partial charge in [-0.3, -0.25) is 20.3 Å². The van der Waals surface area contributed by atoms with Crippen molar-refractivity contribution in [1.29, 1.82) is 0 Å². The summed E-state index contributed by atoms with van der Waals surface area (Å²) in [5.74, 6) is 0.653. The molecule has 0 unspecified atom stereocenters. The molecule has 0 heterocycles. The van der Waals surface area contributed by atoms with Crippen LogP contribution >= 0.6 is 15.9 Å². The number of rotatable bonds is 8. The summed E-state index contributed by atoms with van der Waals surface area (Å²) in [5, 5.41) is 14.9. The zero-order valence-corrected chi connectivity index (χ0v) is 17.1. The molecule has 0 aliphatic carbocycles. The molecule has 0 aliphatic heterocycles. The zero-order chi connectivity index (χ0) is 20.7. The van der Waals surface area contributed by atoms with E-state index in [4.69, 9.17) is 9.47 Å². The number of nitrogens with zero attached hydrogens (tertiary/aromatic N) is 3. The van der Waals surface area contributed by atoms with Gasteiger partial charge in [-0.1, -0.05) is 6.07 Å². The summed E-state index contributed by atoms with van der Waals surface area (Å²) < 4.78 is 11.5. The van der Waals surface area contributed by atoms with Crippen molar-refractivity contribution in [3.8, 4) is 11.5 Å². The average molecular weight is 451 g/mol. The Morgan fingerprint density at radius 2 is 2.11 bits per heavy atom. The summed E-state index contributed by atoms with van der Waals surface area (Å²) in [6.07, 6.45) is 1.53. The number of nitro benzene ring substituents is 1. The van der Waals surface area contributed by atoms with Crippen LogP contribution in [0.4, 0.5) is 11.4 Å². The van der Waals surface area contributed by atoms with Crippen LogP contribution in [0.15, 0.2) is 46.0 Å². The number of likely N-dealkylation sites (N-methyl/N-ethyl adjacent to an activating group) is 1. The Kier molecular flexibility index (Phi) is 7.33. The highest BCUT2D eigenvalue weighted by Crippen LogP contribution is 2.36. The number of non-ortho nitro benzene ring substituents is 1. The topological polar surface area (TPSA) is 106 Å². The molecule has 0 saturated carbocycles. The largest absolute Gasteiger partial charge is 0.493 e. The second kappa shape index (κ2) is 9.70. The van der Waals surface area contributed by atoms with E-state index in [1.807, 2.05) is 0 Å². The molecule has 1 amide bonds. The van der Waals surface area contributed by atoms with Gasteiger partial charge in [-0.2, -0.15) is 5.10 Å². The van der Waals surface area contributed by atoms with Crippen LogP contribution in [0, 0.1) is 10.1 Å². The highest BCUT2D eigenvalue weighted by atomic mass is 79.9. The molecule has 9 nitrogen and oxygen atoms in total. The van der Waals surface area contributed by atoms with Crippen molar-refractivity contribution in [3.63, 3.8) is 0 Å². The minimum atomic E-state index is -0.476. The number of anilines is 1. The number of methoxy groups -OCH3 is 1. The standard InChI is InChI=1S/C18H19BrN4O5/c1-22(2)17(24)11-28-18-15(19)7-12(8-16(18)27-3)10-20-21-13-5-4-6-14(9-13)23(25)26/h4-10,21H,11H2,1-3H3/b20-10+. The predicted octanol–water partition coefficient (Wildman–Crippen LogP) is 3.28. The van der Waals surface area contributed by atoms with E-state index in [-0.39, 0.29) is 18.2 Å². The number of benzene rings is 2. The van der Waals surface area contributed by atoms with E-state index < -0.39 is 4.92 Å². The molecular formula is C18H19BrN4O5. The fourth-order valence-corrected chi connectivity index (χ4v) is 2.66. The lowest BCUT2D eigenvalue weighted by Crippen LogP contribution is -2.27. The van der Waals surface area contributed by atoms with Gasteiger partial charge in [0.15, 0.2) is 18.1 Å².